The van der Waals surface area contributed by atoms with Crippen LogP contribution in [0, 0.1) is 0 Å². The van der Waals surface area contributed by atoms with Crippen LogP contribution >= 0.6 is 11.8 Å². The molecule has 312 valence electrons. The minimum atomic E-state index is -1.77. The summed E-state index contributed by atoms with van der Waals surface area (Å²) in [5.74, 6) is 0.177. The second-order valence-corrected chi connectivity index (χ2v) is 15.2. The standard InChI is InChI=1S/C39H57N3O13S/c1-4-15-41-29(40)21-56-39-31(42-23(3)45)37(36(28(18-44)53-39)55-38-34(48)33(47)32(46)27(17-43)52-38)54-30-16-26(49-19-24-11-7-5-8-12-24)35(22(2)51-30)50-20-25-13-9-6-10-14-25/h5-14,22,26-28,30-39,43-44,46-48H,4,15-21H2,1-3H3,(H2,40,41)(H,42,45). The predicted octanol–water partition coefficient (Wildman–Crippen LogP) is 0.585. The third-order valence-corrected chi connectivity index (χ3v) is 11.0. The summed E-state index contributed by atoms with van der Waals surface area (Å²) in [7, 11) is 0. The van der Waals surface area contributed by atoms with E-state index in [-0.39, 0.29) is 18.8 Å². The molecule has 2 aromatic carbocycles. The molecule has 0 radical (unpaired) electrons. The van der Waals surface area contributed by atoms with Gasteiger partial charge in [-0.1, -0.05) is 67.6 Å². The summed E-state index contributed by atoms with van der Waals surface area (Å²) in [6.07, 6.45) is -13.1. The van der Waals surface area contributed by atoms with E-state index in [1.165, 1.54) is 18.7 Å². The number of amides is 1. The molecular formula is C39H57N3O13S. The van der Waals surface area contributed by atoms with Crippen molar-refractivity contribution in [2.45, 2.75) is 132 Å². The molecule has 3 saturated heterocycles. The highest BCUT2D eigenvalue weighted by Crippen LogP contribution is 2.37. The number of carbonyl (C=O) groups is 1. The Labute approximate surface area is 331 Å². The Balaban J connectivity index is 1.45. The first kappa shape index (κ1) is 44.4. The number of amidine groups is 1. The van der Waals surface area contributed by atoms with E-state index in [0.717, 1.165) is 17.5 Å². The van der Waals surface area contributed by atoms with Gasteiger partial charge in [0.05, 0.1) is 50.4 Å². The number of aliphatic hydroxyl groups is 5. The number of thioether (sulfide) groups is 1. The highest BCUT2D eigenvalue weighted by Gasteiger charge is 2.53. The van der Waals surface area contributed by atoms with Gasteiger partial charge in [0.1, 0.15) is 60.1 Å². The zero-order valence-corrected chi connectivity index (χ0v) is 32.8. The third-order valence-electron chi connectivity index (χ3n) is 9.79. The van der Waals surface area contributed by atoms with Crippen molar-refractivity contribution in [3.8, 4) is 0 Å². The highest BCUT2D eigenvalue weighted by atomic mass is 32.2. The Bertz CT molecular complexity index is 1500. The van der Waals surface area contributed by atoms with Crippen molar-refractivity contribution in [2.24, 2.45) is 10.7 Å². The Morgan fingerprint density at radius 1 is 0.857 bits per heavy atom. The predicted molar refractivity (Wildman–Crippen MR) is 205 cm³/mol. The van der Waals surface area contributed by atoms with E-state index < -0.39 is 104 Å². The maximum absolute atomic E-state index is 12.8. The van der Waals surface area contributed by atoms with Gasteiger partial charge in [0.2, 0.25) is 5.91 Å². The average molecular weight is 808 g/mol. The van der Waals surface area contributed by atoms with Crippen LogP contribution in [0.4, 0.5) is 0 Å². The summed E-state index contributed by atoms with van der Waals surface area (Å²) in [5, 5.41) is 55.4. The number of hydrogen-bond acceptors (Lipinski definition) is 15. The minimum absolute atomic E-state index is 0.186. The molecule has 17 heteroatoms. The summed E-state index contributed by atoms with van der Waals surface area (Å²) in [6.45, 7) is 5.04. The fourth-order valence-corrected chi connectivity index (χ4v) is 8.00. The molecule has 0 spiro atoms. The first-order chi connectivity index (χ1) is 27.0. The smallest absolute Gasteiger partial charge is 0.217 e. The number of hydrogen-bond donors (Lipinski definition) is 7. The topological polar surface area (TPSA) is 233 Å². The lowest BCUT2D eigenvalue weighted by Crippen LogP contribution is -2.68. The second kappa shape index (κ2) is 21.9. The van der Waals surface area contributed by atoms with Crippen molar-refractivity contribution in [2.75, 3.05) is 25.5 Å². The van der Waals surface area contributed by atoms with Crippen molar-refractivity contribution in [1.82, 2.24) is 5.32 Å². The molecule has 8 N–H and O–H groups in total. The first-order valence-electron chi connectivity index (χ1n) is 19.0. The van der Waals surface area contributed by atoms with Crippen molar-refractivity contribution in [3.05, 3.63) is 71.8 Å². The third kappa shape index (κ3) is 11.9. The van der Waals surface area contributed by atoms with Crippen molar-refractivity contribution in [1.29, 1.82) is 0 Å². The van der Waals surface area contributed by atoms with Gasteiger partial charge in [-0.05, 0) is 24.5 Å². The number of aliphatic imine (C=N–C) groups is 1. The van der Waals surface area contributed by atoms with Crippen LogP contribution in [0.3, 0.4) is 0 Å². The van der Waals surface area contributed by atoms with Crippen molar-refractivity contribution < 1.29 is 63.5 Å². The van der Waals surface area contributed by atoms with Crippen LogP contribution in [-0.4, -0.2) is 148 Å². The fraction of sp³-hybridized carbons (Fsp3) is 0.641. The van der Waals surface area contributed by atoms with Gasteiger partial charge in [-0.3, -0.25) is 9.79 Å². The lowest BCUT2D eigenvalue weighted by molar-refractivity contribution is -0.350. The molecule has 5 rings (SSSR count). The largest absolute Gasteiger partial charge is 0.394 e. The number of nitrogens with two attached hydrogens (primary N) is 1. The van der Waals surface area contributed by atoms with Crippen molar-refractivity contribution in [3.63, 3.8) is 0 Å². The number of benzene rings is 2. The van der Waals surface area contributed by atoms with Crippen LogP contribution in [0.2, 0.25) is 0 Å². The number of ether oxygens (including phenoxy) is 7. The molecule has 3 heterocycles. The molecule has 14 unspecified atom stereocenters. The van der Waals surface area contributed by atoms with Gasteiger partial charge in [0.25, 0.3) is 0 Å². The quantitative estimate of drug-likeness (QED) is 0.0807. The van der Waals surface area contributed by atoms with E-state index in [9.17, 15) is 30.3 Å². The van der Waals surface area contributed by atoms with Crippen LogP contribution in [0.15, 0.2) is 65.7 Å². The first-order valence-corrected chi connectivity index (χ1v) is 20.1. The van der Waals surface area contributed by atoms with Crippen LogP contribution in [0.1, 0.15) is 44.7 Å². The van der Waals surface area contributed by atoms with Crippen LogP contribution in [0.5, 0.6) is 0 Å². The number of nitrogens with one attached hydrogen (secondary N) is 1. The fourth-order valence-electron chi connectivity index (χ4n) is 6.92. The normalized spacial score (nSPS) is 35.2. The molecule has 0 aromatic heterocycles. The van der Waals surface area contributed by atoms with E-state index in [2.05, 4.69) is 10.3 Å². The Hall–Kier alpha value is -2.75. The summed E-state index contributed by atoms with van der Waals surface area (Å²) in [5.41, 5.74) is 7.28. The average Bonchev–Trinajstić information content (AvgIpc) is 3.20. The molecule has 3 aliphatic heterocycles. The highest BCUT2D eigenvalue weighted by molar-refractivity contribution is 8.00. The summed E-state index contributed by atoms with van der Waals surface area (Å²) in [6, 6.07) is 18.5. The minimum Gasteiger partial charge on any atom is -0.394 e. The monoisotopic (exact) mass is 807 g/mol. The van der Waals surface area contributed by atoms with Gasteiger partial charge < -0.3 is 69.7 Å². The molecule has 56 heavy (non-hydrogen) atoms. The Morgan fingerprint density at radius 2 is 1.50 bits per heavy atom. The van der Waals surface area contributed by atoms with Crippen molar-refractivity contribution >= 4 is 23.5 Å². The molecule has 1 amide bonds. The van der Waals surface area contributed by atoms with E-state index in [1.807, 2.05) is 74.5 Å². The van der Waals surface area contributed by atoms with Crippen LogP contribution < -0.4 is 11.1 Å². The lowest BCUT2D eigenvalue weighted by Gasteiger charge is -2.50. The van der Waals surface area contributed by atoms with Gasteiger partial charge in [0, 0.05) is 19.9 Å². The van der Waals surface area contributed by atoms with Gasteiger partial charge >= 0.3 is 0 Å². The van der Waals surface area contributed by atoms with Gasteiger partial charge in [0.15, 0.2) is 12.6 Å². The number of nitrogens with zero attached hydrogens (tertiary/aromatic N) is 1. The molecule has 0 bridgehead atoms. The zero-order valence-electron chi connectivity index (χ0n) is 31.9. The van der Waals surface area contributed by atoms with E-state index in [0.29, 0.717) is 19.0 Å². The summed E-state index contributed by atoms with van der Waals surface area (Å²) >= 11 is 1.24. The molecule has 0 aliphatic carbocycles. The zero-order chi connectivity index (χ0) is 40.2. The molecule has 14 atom stereocenters. The van der Waals surface area contributed by atoms with Crippen LogP contribution in [0.25, 0.3) is 0 Å². The van der Waals surface area contributed by atoms with Gasteiger partial charge in [-0.25, -0.2) is 0 Å². The Morgan fingerprint density at radius 3 is 2.11 bits per heavy atom. The van der Waals surface area contributed by atoms with E-state index in [1.54, 1.807) is 0 Å². The lowest BCUT2D eigenvalue weighted by atomic mass is 9.95. The van der Waals surface area contributed by atoms with Gasteiger partial charge in [-0.15, -0.1) is 11.8 Å². The maximum atomic E-state index is 12.8. The number of rotatable bonds is 18. The molecule has 3 fully saturated rings. The van der Waals surface area contributed by atoms with E-state index >= 15 is 0 Å². The molecule has 16 nitrogen and oxygen atoms in total. The SMILES string of the molecule is CCCN=C(N)CSC1OC(CO)C(OC2OC(CO)C(O)C(O)C2O)C(OC2CC(OCc3ccccc3)C(OCc3ccccc3)C(C)O2)C1NC(C)=O. The number of aliphatic hydroxyl groups excluding tert-OH is 5. The molecule has 2 aromatic rings. The molecular weight excluding hydrogens is 751 g/mol. The Kier molecular flexibility index (Phi) is 17.3. The maximum Gasteiger partial charge on any atom is 0.217 e. The van der Waals surface area contributed by atoms with E-state index in [4.69, 9.17) is 38.9 Å². The molecule has 3 aliphatic rings. The molecule has 0 saturated carbocycles. The number of carbonyl (C=O) groups excluding carboxylic acids is 1. The van der Waals surface area contributed by atoms with Gasteiger partial charge in [-0.2, -0.15) is 0 Å². The summed E-state index contributed by atoms with van der Waals surface area (Å²) in [4.78, 5) is 17.2. The van der Waals surface area contributed by atoms with Crippen LogP contribution in [-0.2, 0) is 51.2 Å². The summed E-state index contributed by atoms with van der Waals surface area (Å²) < 4.78 is 44.5. The second-order valence-electron chi connectivity index (χ2n) is 14.1.